The van der Waals surface area contributed by atoms with Gasteiger partial charge in [0.2, 0.25) is 0 Å². The number of ether oxygens (including phenoxy) is 3. The molecule has 0 heterocycles. The molecule has 2 aromatic rings. The van der Waals surface area contributed by atoms with Crippen LogP contribution in [0.2, 0.25) is 0 Å². The third-order valence-corrected chi connectivity index (χ3v) is 6.19. The van der Waals surface area contributed by atoms with Crippen molar-refractivity contribution in [2.75, 3.05) is 13.7 Å². The van der Waals surface area contributed by atoms with Gasteiger partial charge in [0.1, 0.15) is 18.2 Å². The largest absolute Gasteiger partial charge is 0.467 e. The van der Waals surface area contributed by atoms with Crippen molar-refractivity contribution in [3.63, 3.8) is 0 Å². The lowest BCUT2D eigenvalue weighted by molar-refractivity contribution is -0.143. The van der Waals surface area contributed by atoms with Crippen LogP contribution in [0.15, 0.2) is 42.5 Å². The molecule has 0 aromatic heterocycles. The molecule has 0 radical (unpaired) electrons. The number of methoxy groups -OCH3 is 1. The average Bonchev–Trinajstić information content (AvgIpc) is 2.91. The van der Waals surface area contributed by atoms with Crippen LogP contribution in [-0.4, -0.2) is 43.5 Å². The van der Waals surface area contributed by atoms with Gasteiger partial charge in [-0.3, -0.25) is 0 Å². The highest BCUT2D eigenvalue weighted by atomic mass is 16.6. The number of rotatable bonds is 8. The van der Waals surface area contributed by atoms with Gasteiger partial charge < -0.3 is 24.8 Å². The second-order valence-corrected chi connectivity index (χ2v) is 10.4. The Morgan fingerprint density at radius 1 is 0.974 bits per heavy atom. The standard InChI is InChI=1S/C31H38N2O6/c1-31(2,3)39-30(36)33-27(28(34)37-4)20-24-18-17-23(25-15-8-9-16-26(24)25)14-10-11-19-32-29(35)38-21-22-12-6-5-7-13-22/h5-7,12-13,17-18,27H,8-9,11,15-16,19-21H2,1-4H3,(H,32,35)(H,33,36)/t27-/m0/s1. The van der Waals surface area contributed by atoms with E-state index in [0.29, 0.717) is 19.4 Å². The first-order chi connectivity index (χ1) is 18.7. The average molecular weight is 535 g/mol. The molecule has 0 unspecified atom stereocenters. The summed E-state index contributed by atoms with van der Waals surface area (Å²) < 4.78 is 15.5. The number of benzene rings is 2. The van der Waals surface area contributed by atoms with E-state index in [2.05, 4.69) is 22.5 Å². The summed E-state index contributed by atoms with van der Waals surface area (Å²) in [7, 11) is 1.30. The number of nitrogens with one attached hydrogen (secondary N) is 2. The maximum absolute atomic E-state index is 12.5. The van der Waals surface area contributed by atoms with E-state index in [9.17, 15) is 14.4 Å². The topological polar surface area (TPSA) is 103 Å². The van der Waals surface area contributed by atoms with Crippen molar-refractivity contribution in [2.45, 2.75) is 77.5 Å². The summed E-state index contributed by atoms with van der Waals surface area (Å²) in [5, 5.41) is 5.39. The van der Waals surface area contributed by atoms with E-state index in [-0.39, 0.29) is 6.61 Å². The van der Waals surface area contributed by atoms with Crippen molar-refractivity contribution in [1.29, 1.82) is 0 Å². The second kappa shape index (κ2) is 14.2. The summed E-state index contributed by atoms with van der Waals surface area (Å²) in [6.07, 6.45) is 3.56. The Bertz CT molecular complexity index is 1210. The Hall–Kier alpha value is -3.99. The van der Waals surface area contributed by atoms with Crippen molar-refractivity contribution in [1.82, 2.24) is 10.6 Å². The Morgan fingerprint density at radius 2 is 1.69 bits per heavy atom. The van der Waals surface area contributed by atoms with Gasteiger partial charge in [0.05, 0.1) is 7.11 Å². The summed E-state index contributed by atoms with van der Waals surface area (Å²) in [5.41, 5.74) is 4.55. The molecule has 0 fully saturated rings. The second-order valence-electron chi connectivity index (χ2n) is 10.4. The Morgan fingerprint density at radius 3 is 2.38 bits per heavy atom. The van der Waals surface area contributed by atoms with E-state index < -0.39 is 29.8 Å². The van der Waals surface area contributed by atoms with Crippen molar-refractivity contribution in [3.8, 4) is 11.8 Å². The van der Waals surface area contributed by atoms with E-state index in [4.69, 9.17) is 14.2 Å². The van der Waals surface area contributed by atoms with Crippen LogP contribution in [0.5, 0.6) is 0 Å². The molecule has 0 saturated heterocycles. The van der Waals surface area contributed by atoms with Gasteiger partial charge >= 0.3 is 18.2 Å². The molecular weight excluding hydrogens is 496 g/mol. The van der Waals surface area contributed by atoms with Gasteiger partial charge in [-0.1, -0.05) is 48.2 Å². The number of esters is 1. The minimum absolute atomic E-state index is 0.223. The normalized spacial score (nSPS) is 13.1. The Labute approximate surface area is 230 Å². The molecule has 1 aliphatic rings. The molecule has 8 nitrogen and oxygen atoms in total. The summed E-state index contributed by atoms with van der Waals surface area (Å²) in [4.78, 5) is 36.7. The van der Waals surface area contributed by atoms with Crippen molar-refractivity contribution in [2.24, 2.45) is 0 Å². The Balaban J connectivity index is 1.61. The molecule has 3 rings (SSSR count). The van der Waals surface area contributed by atoms with Crippen LogP contribution >= 0.6 is 0 Å². The SMILES string of the molecule is COC(=O)[C@H](Cc1ccc(C#CCCNC(=O)OCc2ccccc2)c2c1CCCC2)NC(=O)OC(C)(C)C. The molecule has 8 heteroatoms. The van der Waals surface area contributed by atoms with Crippen LogP contribution in [0, 0.1) is 11.8 Å². The van der Waals surface area contributed by atoms with Gasteiger partial charge in [-0.05, 0) is 74.8 Å². The number of carbonyl (C=O) groups is 3. The molecule has 1 aliphatic carbocycles. The molecule has 1 atom stereocenters. The highest BCUT2D eigenvalue weighted by Gasteiger charge is 2.27. The highest BCUT2D eigenvalue weighted by molar-refractivity contribution is 5.81. The lowest BCUT2D eigenvalue weighted by Gasteiger charge is -2.25. The van der Waals surface area contributed by atoms with Crippen LogP contribution in [0.4, 0.5) is 9.59 Å². The van der Waals surface area contributed by atoms with Crippen molar-refractivity contribution in [3.05, 3.63) is 70.3 Å². The summed E-state index contributed by atoms with van der Waals surface area (Å²) in [5.74, 6) is 5.88. The van der Waals surface area contributed by atoms with Gasteiger partial charge in [-0.2, -0.15) is 0 Å². The molecule has 2 N–H and O–H groups in total. The van der Waals surface area contributed by atoms with Gasteiger partial charge in [0.15, 0.2) is 0 Å². The maximum Gasteiger partial charge on any atom is 0.408 e. The molecular formula is C31H38N2O6. The first-order valence-electron chi connectivity index (χ1n) is 13.3. The summed E-state index contributed by atoms with van der Waals surface area (Å²) >= 11 is 0. The third kappa shape index (κ3) is 9.68. The van der Waals surface area contributed by atoms with Crippen LogP contribution in [0.25, 0.3) is 0 Å². The monoisotopic (exact) mass is 534 g/mol. The van der Waals surface area contributed by atoms with E-state index in [1.807, 2.05) is 42.5 Å². The van der Waals surface area contributed by atoms with E-state index in [1.165, 1.54) is 18.2 Å². The summed E-state index contributed by atoms with van der Waals surface area (Å²) in [6, 6.07) is 12.6. The zero-order chi connectivity index (χ0) is 28.3. The van der Waals surface area contributed by atoms with E-state index in [0.717, 1.165) is 42.4 Å². The van der Waals surface area contributed by atoms with Crippen molar-refractivity contribution < 1.29 is 28.6 Å². The number of alkyl carbamates (subject to hydrolysis) is 2. The minimum Gasteiger partial charge on any atom is -0.467 e. The zero-order valence-corrected chi connectivity index (χ0v) is 23.2. The van der Waals surface area contributed by atoms with Gasteiger partial charge in [0, 0.05) is 24.9 Å². The van der Waals surface area contributed by atoms with Gasteiger partial charge in [-0.25, -0.2) is 14.4 Å². The van der Waals surface area contributed by atoms with Crippen LogP contribution in [-0.2, 0) is 44.9 Å². The quantitative estimate of drug-likeness (QED) is 0.217. The molecule has 0 aliphatic heterocycles. The minimum atomic E-state index is -0.861. The summed E-state index contributed by atoms with van der Waals surface area (Å²) in [6.45, 7) is 5.91. The molecule has 39 heavy (non-hydrogen) atoms. The van der Waals surface area contributed by atoms with Gasteiger partial charge in [0.25, 0.3) is 0 Å². The predicted molar refractivity (Wildman–Crippen MR) is 148 cm³/mol. The first kappa shape index (κ1) is 29.6. The van der Waals surface area contributed by atoms with Crippen LogP contribution < -0.4 is 10.6 Å². The maximum atomic E-state index is 12.5. The third-order valence-electron chi connectivity index (χ3n) is 6.19. The van der Waals surface area contributed by atoms with Crippen molar-refractivity contribution >= 4 is 18.2 Å². The van der Waals surface area contributed by atoms with Crippen LogP contribution in [0.1, 0.15) is 67.9 Å². The fourth-order valence-corrected chi connectivity index (χ4v) is 4.41. The molecule has 2 amide bonds. The molecule has 208 valence electrons. The highest BCUT2D eigenvalue weighted by Crippen LogP contribution is 2.28. The predicted octanol–water partition coefficient (Wildman–Crippen LogP) is 4.84. The lowest BCUT2D eigenvalue weighted by atomic mass is 9.83. The molecule has 0 spiro atoms. The number of fused-ring (bicyclic) bond motifs is 1. The molecule has 0 bridgehead atoms. The zero-order valence-electron chi connectivity index (χ0n) is 23.2. The molecule has 0 saturated carbocycles. The van der Waals surface area contributed by atoms with Gasteiger partial charge in [-0.15, -0.1) is 0 Å². The number of hydrogen-bond donors (Lipinski definition) is 2. The number of carbonyl (C=O) groups excluding carboxylic acids is 3. The number of amides is 2. The Kier molecular flexibility index (Phi) is 10.8. The smallest absolute Gasteiger partial charge is 0.408 e. The van der Waals surface area contributed by atoms with E-state index >= 15 is 0 Å². The lowest BCUT2D eigenvalue weighted by Crippen LogP contribution is -2.45. The first-order valence-corrected chi connectivity index (χ1v) is 13.3. The fourth-order valence-electron chi connectivity index (χ4n) is 4.41. The van der Waals surface area contributed by atoms with E-state index in [1.54, 1.807) is 20.8 Å². The molecule has 2 aromatic carbocycles. The number of hydrogen-bond acceptors (Lipinski definition) is 6. The van der Waals surface area contributed by atoms with Crippen LogP contribution in [0.3, 0.4) is 0 Å². The fraction of sp³-hybridized carbons (Fsp3) is 0.452.